The van der Waals surface area contributed by atoms with Crippen molar-refractivity contribution in [1.82, 2.24) is 10.2 Å². The number of ether oxygens (including phenoxy) is 1. The van der Waals surface area contributed by atoms with Gasteiger partial charge >= 0.3 is 5.97 Å². The highest BCUT2D eigenvalue weighted by Gasteiger charge is 2.20. The van der Waals surface area contributed by atoms with Crippen LogP contribution in [0.4, 0.5) is 0 Å². The van der Waals surface area contributed by atoms with Gasteiger partial charge in [-0.25, -0.2) is 4.79 Å². The standard InChI is InChI=1S/C12H10N2O3/c1-17-12(16)11-10(9(7-15)13-14-11)8-5-3-2-4-6-8/h2-7H,1H3,(H,13,14). The molecule has 0 atom stereocenters. The van der Waals surface area contributed by atoms with E-state index >= 15 is 0 Å². The van der Waals surface area contributed by atoms with Gasteiger partial charge < -0.3 is 4.74 Å². The number of aromatic nitrogens is 2. The highest BCUT2D eigenvalue weighted by Crippen LogP contribution is 2.25. The molecule has 1 aromatic heterocycles. The Morgan fingerprint density at radius 2 is 2.06 bits per heavy atom. The first kappa shape index (κ1) is 11.1. The number of methoxy groups -OCH3 is 1. The lowest BCUT2D eigenvalue weighted by molar-refractivity contribution is 0.0595. The van der Waals surface area contributed by atoms with Crippen molar-refractivity contribution in [2.45, 2.75) is 0 Å². The summed E-state index contributed by atoms with van der Waals surface area (Å²) in [6.07, 6.45) is 0.627. The summed E-state index contributed by atoms with van der Waals surface area (Å²) in [6, 6.07) is 9.08. The largest absolute Gasteiger partial charge is 0.464 e. The SMILES string of the molecule is COC(=O)c1n[nH]c(C=O)c1-c1ccccc1. The Bertz CT molecular complexity index is 546. The summed E-state index contributed by atoms with van der Waals surface area (Å²) in [6.45, 7) is 0. The number of carbonyl (C=O) groups excluding carboxylic acids is 2. The monoisotopic (exact) mass is 230 g/mol. The van der Waals surface area contributed by atoms with Crippen LogP contribution >= 0.6 is 0 Å². The quantitative estimate of drug-likeness (QED) is 0.643. The van der Waals surface area contributed by atoms with E-state index in [1.54, 1.807) is 12.1 Å². The molecule has 0 saturated heterocycles. The van der Waals surface area contributed by atoms with Crippen LogP contribution in [0.1, 0.15) is 21.0 Å². The van der Waals surface area contributed by atoms with Gasteiger partial charge in [0.25, 0.3) is 0 Å². The van der Waals surface area contributed by atoms with Crippen LogP contribution in [-0.4, -0.2) is 29.6 Å². The number of nitrogens with zero attached hydrogens (tertiary/aromatic N) is 1. The molecule has 17 heavy (non-hydrogen) atoms. The Morgan fingerprint density at radius 3 is 2.65 bits per heavy atom. The van der Waals surface area contributed by atoms with Crippen molar-refractivity contribution in [1.29, 1.82) is 0 Å². The Labute approximate surface area is 97.4 Å². The second kappa shape index (κ2) is 4.61. The van der Waals surface area contributed by atoms with E-state index in [2.05, 4.69) is 14.9 Å². The fourth-order valence-corrected chi connectivity index (χ4v) is 1.58. The van der Waals surface area contributed by atoms with Crippen molar-refractivity contribution in [2.24, 2.45) is 0 Å². The molecule has 0 amide bonds. The molecule has 1 aromatic carbocycles. The van der Waals surface area contributed by atoms with Crippen LogP contribution in [0.15, 0.2) is 30.3 Å². The van der Waals surface area contributed by atoms with Gasteiger partial charge in [-0.1, -0.05) is 30.3 Å². The van der Waals surface area contributed by atoms with Gasteiger partial charge in [0.05, 0.1) is 7.11 Å². The van der Waals surface area contributed by atoms with Gasteiger partial charge in [0.15, 0.2) is 12.0 Å². The van der Waals surface area contributed by atoms with Gasteiger partial charge in [-0.05, 0) is 5.56 Å². The smallest absolute Gasteiger partial charge is 0.359 e. The van der Waals surface area contributed by atoms with Crippen molar-refractivity contribution >= 4 is 12.3 Å². The van der Waals surface area contributed by atoms with E-state index in [1.165, 1.54) is 7.11 Å². The first-order valence-corrected chi connectivity index (χ1v) is 4.95. The summed E-state index contributed by atoms with van der Waals surface area (Å²) in [4.78, 5) is 22.4. The lowest BCUT2D eigenvalue weighted by atomic mass is 10.0. The number of carbonyl (C=O) groups is 2. The number of hydrogen-bond acceptors (Lipinski definition) is 4. The van der Waals surface area contributed by atoms with E-state index in [1.807, 2.05) is 18.2 Å². The van der Waals surface area contributed by atoms with Crippen molar-refractivity contribution in [2.75, 3.05) is 7.11 Å². The van der Waals surface area contributed by atoms with Crippen LogP contribution < -0.4 is 0 Å². The number of H-pyrrole nitrogens is 1. The molecule has 0 bridgehead atoms. The Morgan fingerprint density at radius 1 is 1.35 bits per heavy atom. The van der Waals surface area contributed by atoms with Crippen LogP contribution in [0.25, 0.3) is 11.1 Å². The van der Waals surface area contributed by atoms with Gasteiger partial charge in [0.2, 0.25) is 0 Å². The third-order valence-corrected chi connectivity index (χ3v) is 2.35. The average molecular weight is 230 g/mol. The summed E-state index contributed by atoms with van der Waals surface area (Å²) < 4.78 is 4.62. The second-order valence-electron chi connectivity index (χ2n) is 3.34. The van der Waals surface area contributed by atoms with Crippen molar-refractivity contribution in [3.8, 4) is 11.1 Å². The van der Waals surface area contributed by atoms with Gasteiger partial charge in [-0.3, -0.25) is 9.89 Å². The first-order chi connectivity index (χ1) is 8.27. The van der Waals surface area contributed by atoms with E-state index < -0.39 is 5.97 Å². The average Bonchev–Trinajstić information content (AvgIpc) is 2.82. The molecule has 0 aliphatic carbocycles. The van der Waals surface area contributed by atoms with E-state index in [0.29, 0.717) is 11.8 Å². The van der Waals surface area contributed by atoms with Gasteiger partial charge in [0.1, 0.15) is 5.69 Å². The fraction of sp³-hybridized carbons (Fsp3) is 0.0833. The van der Waals surface area contributed by atoms with Crippen LogP contribution in [0, 0.1) is 0 Å². The zero-order chi connectivity index (χ0) is 12.3. The number of benzene rings is 1. The minimum absolute atomic E-state index is 0.112. The molecule has 86 valence electrons. The summed E-state index contributed by atoms with van der Waals surface area (Å²) >= 11 is 0. The zero-order valence-corrected chi connectivity index (χ0v) is 9.14. The van der Waals surface area contributed by atoms with E-state index in [9.17, 15) is 9.59 Å². The van der Waals surface area contributed by atoms with Crippen LogP contribution in [-0.2, 0) is 4.74 Å². The van der Waals surface area contributed by atoms with Gasteiger partial charge in [-0.15, -0.1) is 0 Å². The molecule has 1 N–H and O–H groups in total. The molecule has 1 heterocycles. The molecular weight excluding hydrogens is 220 g/mol. The molecule has 0 aliphatic rings. The molecule has 0 spiro atoms. The molecule has 0 fully saturated rings. The van der Waals surface area contributed by atoms with E-state index in [4.69, 9.17) is 0 Å². The topological polar surface area (TPSA) is 72.0 Å². The Balaban J connectivity index is 2.61. The Hall–Kier alpha value is -2.43. The van der Waals surface area contributed by atoms with Crippen molar-refractivity contribution in [3.05, 3.63) is 41.7 Å². The highest BCUT2D eigenvalue weighted by atomic mass is 16.5. The number of aromatic amines is 1. The summed E-state index contributed by atoms with van der Waals surface area (Å²) in [5.74, 6) is -0.576. The minimum atomic E-state index is -0.576. The maximum Gasteiger partial charge on any atom is 0.359 e. The lowest BCUT2D eigenvalue weighted by Crippen LogP contribution is -2.03. The molecule has 2 aromatic rings. The molecule has 5 heteroatoms. The third kappa shape index (κ3) is 1.94. The zero-order valence-electron chi connectivity index (χ0n) is 9.14. The Kier molecular flexibility index (Phi) is 3.00. The summed E-state index contributed by atoms with van der Waals surface area (Å²) in [5.41, 5.74) is 1.58. The second-order valence-corrected chi connectivity index (χ2v) is 3.34. The van der Waals surface area contributed by atoms with Gasteiger partial charge in [-0.2, -0.15) is 5.10 Å². The number of rotatable bonds is 3. The molecule has 2 rings (SSSR count). The summed E-state index contributed by atoms with van der Waals surface area (Å²) in [5, 5.41) is 6.32. The van der Waals surface area contributed by atoms with Gasteiger partial charge in [0, 0.05) is 5.56 Å². The normalized spacial score (nSPS) is 9.94. The minimum Gasteiger partial charge on any atom is -0.464 e. The lowest BCUT2D eigenvalue weighted by Gasteiger charge is -2.01. The van der Waals surface area contributed by atoms with E-state index in [0.717, 1.165) is 5.56 Å². The fourth-order valence-electron chi connectivity index (χ4n) is 1.58. The maximum absolute atomic E-state index is 11.5. The molecule has 0 unspecified atom stereocenters. The van der Waals surface area contributed by atoms with Crippen molar-refractivity contribution < 1.29 is 14.3 Å². The number of aldehydes is 1. The molecular formula is C12H10N2O3. The highest BCUT2D eigenvalue weighted by molar-refractivity contribution is 6.00. The van der Waals surface area contributed by atoms with Crippen LogP contribution in [0.3, 0.4) is 0 Å². The number of esters is 1. The number of hydrogen-bond donors (Lipinski definition) is 1. The van der Waals surface area contributed by atoms with Crippen molar-refractivity contribution in [3.63, 3.8) is 0 Å². The predicted octanol–water partition coefficient (Wildman–Crippen LogP) is 1.68. The molecule has 5 nitrogen and oxygen atoms in total. The summed E-state index contributed by atoms with van der Waals surface area (Å²) in [7, 11) is 1.27. The van der Waals surface area contributed by atoms with Crippen LogP contribution in [0.2, 0.25) is 0 Å². The van der Waals surface area contributed by atoms with Crippen LogP contribution in [0.5, 0.6) is 0 Å². The molecule has 0 saturated carbocycles. The van der Waals surface area contributed by atoms with E-state index in [-0.39, 0.29) is 11.4 Å². The molecule has 0 aliphatic heterocycles. The maximum atomic E-state index is 11.5. The molecule has 0 radical (unpaired) electrons. The third-order valence-electron chi connectivity index (χ3n) is 2.35. The predicted molar refractivity (Wildman–Crippen MR) is 60.8 cm³/mol. The first-order valence-electron chi connectivity index (χ1n) is 4.95. The number of nitrogens with one attached hydrogen (secondary N) is 1.